The summed E-state index contributed by atoms with van der Waals surface area (Å²) in [6.07, 6.45) is 0.775. The zero-order chi connectivity index (χ0) is 11.5. The molecule has 0 saturated carbocycles. The Kier molecular flexibility index (Phi) is 3.29. The molecule has 5 nitrogen and oxygen atoms in total. The summed E-state index contributed by atoms with van der Waals surface area (Å²) >= 11 is 0. The first-order valence-electron chi connectivity index (χ1n) is 4.22. The molecule has 0 amide bonds. The van der Waals surface area contributed by atoms with Crippen LogP contribution in [0.25, 0.3) is 0 Å². The third-order valence-corrected chi connectivity index (χ3v) is 2.74. The Morgan fingerprint density at radius 1 is 1.33 bits per heavy atom. The van der Waals surface area contributed by atoms with Crippen LogP contribution in [0.1, 0.15) is 12.0 Å². The number of anilines is 1. The highest BCUT2D eigenvalue weighted by atomic mass is 32.2. The number of nitrogen functional groups attached to an aromatic ring is 1. The van der Waals surface area contributed by atoms with Gasteiger partial charge in [-0.1, -0.05) is 0 Å². The Labute approximate surface area is 88.4 Å². The monoisotopic (exact) mass is 225 g/mol. The smallest absolute Gasteiger partial charge is 0.238 e. The van der Waals surface area contributed by atoms with Crippen molar-refractivity contribution in [2.24, 2.45) is 5.14 Å². The van der Waals surface area contributed by atoms with Crippen molar-refractivity contribution in [1.29, 1.82) is 5.26 Å². The number of hydrogen-bond acceptors (Lipinski definition) is 4. The Hall–Kier alpha value is -1.58. The van der Waals surface area contributed by atoms with Crippen LogP contribution >= 0.6 is 0 Å². The number of hydrogen-bond donors (Lipinski definition) is 2. The van der Waals surface area contributed by atoms with E-state index in [1.54, 1.807) is 6.07 Å². The Morgan fingerprint density at radius 2 is 2.00 bits per heavy atom. The maximum atomic E-state index is 11.1. The van der Waals surface area contributed by atoms with E-state index < -0.39 is 10.0 Å². The minimum Gasteiger partial charge on any atom is -0.399 e. The molecule has 80 valence electrons. The Balaban J connectivity index is 3.13. The van der Waals surface area contributed by atoms with Crippen molar-refractivity contribution in [3.8, 4) is 6.07 Å². The van der Waals surface area contributed by atoms with Gasteiger partial charge in [0.1, 0.15) is 0 Å². The summed E-state index contributed by atoms with van der Waals surface area (Å²) in [6.45, 7) is 0. The van der Waals surface area contributed by atoms with Gasteiger partial charge in [0.25, 0.3) is 0 Å². The predicted molar refractivity (Wildman–Crippen MR) is 56.2 cm³/mol. The van der Waals surface area contributed by atoms with Crippen LogP contribution in [0, 0.1) is 11.3 Å². The van der Waals surface area contributed by atoms with Crippen molar-refractivity contribution in [3.05, 3.63) is 23.8 Å². The lowest BCUT2D eigenvalue weighted by Gasteiger charge is -2.04. The first-order valence-corrected chi connectivity index (χ1v) is 5.77. The van der Waals surface area contributed by atoms with Gasteiger partial charge < -0.3 is 5.73 Å². The number of sulfonamides is 1. The van der Waals surface area contributed by atoms with E-state index in [4.69, 9.17) is 16.1 Å². The zero-order valence-corrected chi connectivity index (χ0v) is 8.79. The third-order valence-electron chi connectivity index (χ3n) is 1.84. The quantitative estimate of drug-likeness (QED) is 0.724. The Morgan fingerprint density at radius 3 is 2.53 bits per heavy atom. The molecule has 4 N–H and O–H groups in total. The molecule has 0 unspecified atom stereocenters. The molecule has 0 fully saturated rings. The van der Waals surface area contributed by atoms with E-state index in [0.717, 1.165) is 0 Å². The molecule has 6 heteroatoms. The molecule has 1 rings (SSSR count). The summed E-state index contributed by atoms with van der Waals surface area (Å²) in [5.74, 6) is 0. The summed E-state index contributed by atoms with van der Waals surface area (Å²) in [5.41, 5.74) is 6.55. The second kappa shape index (κ2) is 4.29. The number of nitrogens with zero attached hydrogens (tertiary/aromatic N) is 1. The molecule has 0 radical (unpaired) electrons. The molecule has 0 heterocycles. The first kappa shape index (κ1) is 11.5. The maximum absolute atomic E-state index is 11.1. The van der Waals surface area contributed by atoms with Crippen molar-refractivity contribution in [2.45, 2.75) is 17.7 Å². The fourth-order valence-corrected chi connectivity index (χ4v) is 1.81. The van der Waals surface area contributed by atoms with Crippen LogP contribution in [0.3, 0.4) is 0 Å². The minimum atomic E-state index is -3.74. The highest BCUT2D eigenvalue weighted by Gasteiger charge is 2.09. The van der Waals surface area contributed by atoms with Gasteiger partial charge in [0, 0.05) is 12.1 Å². The van der Waals surface area contributed by atoms with E-state index in [1.165, 1.54) is 12.1 Å². The van der Waals surface area contributed by atoms with Gasteiger partial charge in [-0.25, -0.2) is 13.6 Å². The molecule has 0 aliphatic heterocycles. The number of nitrogens with two attached hydrogens (primary N) is 2. The van der Waals surface area contributed by atoms with E-state index in [9.17, 15) is 8.42 Å². The molecule has 0 bridgehead atoms. The minimum absolute atomic E-state index is 0.0181. The van der Waals surface area contributed by atoms with Crippen LogP contribution in [-0.2, 0) is 16.4 Å². The van der Waals surface area contributed by atoms with Gasteiger partial charge in [-0.3, -0.25) is 0 Å². The van der Waals surface area contributed by atoms with Crippen molar-refractivity contribution < 1.29 is 8.42 Å². The number of aryl methyl sites for hydroxylation is 1. The molecule has 1 aromatic rings. The second-order valence-corrected chi connectivity index (χ2v) is 4.67. The lowest BCUT2D eigenvalue weighted by molar-refractivity contribution is 0.597. The van der Waals surface area contributed by atoms with E-state index in [-0.39, 0.29) is 4.90 Å². The lowest BCUT2D eigenvalue weighted by atomic mass is 10.1. The van der Waals surface area contributed by atoms with Gasteiger partial charge in [-0.2, -0.15) is 5.26 Å². The summed E-state index contributed by atoms with van der Waals surface area (Å²) in [7, 11) is -3.74. The average molecular weight is 225 g/mol. The SMILES string of the molecule is N#CCCc1cc(N)cc(S(N)(=O)=O)c1. The molecule has 15 heavy (non-hydrogen) atoms. The summed E-state index contributed by atoms with van der Waals surface area (Å²) in [5, 5.41) is 13.4. The summed E-state index contributed by atoms with van der Waals surface area (Å²) in [6, 6.07) is 6.33. The fourth-order valence-electron chi connectivity index (χ4n) is 1.19. The maximum Gasteiger partial charge on any atom is 0.238 e. The van der Waals surface area contributed by atoms with Crippen LogP contribution in [0.15, 0.2) is 23.1 Å². The molecule has 0 aliphatic carbocycles. The molecule has 0 aliphatic rings. The van der Waals surface area contributed by atoms with E-state index in [0.29, 0.717) is 24.1 Å². The van der Waals surface area contributed by atoms with Gasteiger partial charge in [-0.05, 0) is 30.2 Å². The molecule has 1 aromatic carbocycles. The topological polar surface area (TPSA) is 110 Å². The van der Waals surface area contributed by atoms with Crippen LogP contribution in [0.4, 0.5) is 5.69 Å². The van der Waals surface area contributed by atoms with Gasteiger partial charge >= 0.3 is 0 Å². The number of primary sulfonamides is 1. The van der Waals surface area contributed by atoms with E-state index in [1.807, 2.05) is 6.07 Å². The van der Waals surface area contributed by atoms with Gasteiger partial charge in [0.15, 0.2) is 0 Å². The highest BCUT2D eigenvalue weighted by Crippen LogP contribution is 2.16. The van der Waals surface area contributed by atoms with Crippen molar-refractivity contribution in [3.63, 3.8) is 0 Å². The van der Waals surface area contributed by atoms with E-state index >= 15 is 0 Å². The predicted octanol–water partition coefficient (Wildman–Crippen LogP) is 0.372. The normalized spacial score (nSPS) is 10.9. The summed E-state index contributed by atoms with van der Waals surface area (Å²) < 4.78 is 22.1. The fraction of sp³-hybridized carbons (Fsp3) is 0.222. The first-order chi connectivity index (χ1) is 6.93. The Bertz CT molecular complexity index is 503. The third kappa shape index (κ3) is 3.23. The molecule has 0 saturated heterocycles. The molecule has 0 aromatic heterocycles. The van der Waals surface area contributed by atoms with Gasteiger partial charge in [0.05, 0.1) is 11.0 Å². The average Bonchev–Trinajstić information content (AvgIpc) is 2.12. The number of nitriles is 1. The summed E-state index contributed by atoms with van der Waals surface area (Å²) in [4.78, 5) is -0.0181. The molecule has 0 atom stereocenters. The van der Waals surface area contributed by atoms with Crippen LogP contribution < -0.4 is 10.9 Å². The zero-order valence-electron chi connectivity index (χ0n) is 7.97. The second-order valence-electron chi connectivity index (χ2n) is 3.11. The van der Waals surface area contributed by atoms with Crippen LogP contribution in [-0.4, -0.2) is 8.42 Å². The van der Waals surface area contributed by atoms with Crippen LogP contribution in [0.2, 0.25) is 0 Å². The van der Waals surface area contributed by atoms with Gasteiger partial charge in [0.2, 0.25) is 10.0 Å². The van der Waals surface area contributed by atoms with E-state index in [2.05, 4.69) is 0 Å². The number of rotatable bonds is 3. The van der Waals surface area contributed by atoms with Crippen molar-refractivity contribution in [2.75, 3.05) is 5.73 Å². The highest BCUT2D eigenvalue weighted by molar-refractivity contribution is 7.89. The molecular weight excluding hydrogens is 214 g/mol. The largest absolute Gasteiger partial charge is 0.399 e. The molecule has 0 spiro atoms. The van der Waals surface area contributed by atoms with Crippen LogP contribution in [0.5, 0.6) is 0 Å². The van der Waals surface area contributed by atoms with Crippen molar-refractivity contribution >= 4 is 15.7 Å². The molecular formula is C9H11N3O2S. The lowest BCUT2D eigenvalue weighted by Crippen LogP contribution is -2.13. The van der Waals surface area contributed by atoms with Crippen molar-refractivity contribution in [1.82, 2.24) is 0 Å². The van der Waals surface area contributed by atoms with Gasteiger partial charge in [-0.15, -0.1) is 0 Å². The standard InChI is InChI=1S/C9H11N3O2S/c10-3-1-2-7-4-8(11)6-9(5-7)15(12,13)14/h4-6H,1-2,11H2,(H2,12,13,14). The number of benzene rings is 1.